The Hall–Kier alpha value is -2.21. The molecule has 0 atom stereocenters. The lowest BCUT2D eigenvalue weighted by Gasteiger charge is -2.05. The number of aromatic amines is 1. The van der Waals surface area contributed by atoms with Crippen LogP contribution in [0.2, 0.25) is 0 Å². The van der Waals surface area contributed by atoms with Gasteiger partial charge in [0.05, 0.1) is 19.2 Å². The van der Waals surface area contributed by atoms with Gasteiger partial charge in [0.1, 0.15) is 0 Å². The van der Waals surface area contributed by atoms with Crippen molar-refractivity contribution in [2.24, 2.45) is 0 Å². The van der Waals surface area contributed by atoms with Gasteiger partial charge in [0.25, 0.3) is 0 Å². The molecule has 102 valence electrons. The smallest absolute Gasteiger partial charge is 0.212 e. The first-order valence-corrected chi connectivity index (χ1v) is 6.63. The molecule has 0 radical (unpaired) electrons. The maximum absolute atomic E-state index is 5.37. The highest BCUT2D eigenvalue weighted by molar-refractivity contribution is 7.71. The van der Waals surface area contributed by atoms with Gasteiger partial charge >= 0.3 is 0 Å². The molecule has 0 saturated heterocycles. The summed E-state index contributed by atoms with van der Waals surface area (Å²) in [6, 6.07) is 7.78. The van der Waals surface area contributed by atoms with Crippen LogP contribution in [0.25, 0.3) is 11.2 Å². The van der Waals surface area contributed by atoms with Crippen LogP contribution in [-0.4, -0.2) is 26.6 Å². The molecule has 0 aliphatic rings. The Morgan fingerprint density at radius 1 is 1.30 bits per heavy atom. The number of aromatic nitrogens is 4. The van der Waals surface area contributed by atoms with Gasteiger partial charge in [-0.15, -0.1) is 0 Å². The second-order valence-electron chi connectivity index (χ2n) is 4.55. The van der Waals surface area contributed by atoms with Crippen LogP contribution in [0.1, 0.15) is 11.3 Å². The maximum Gasteiger partial charge on any atom is 0.212 e. The van der Waals surface area contributed by atoms with E-state index in [4.69, 9.17) is 17.0 Å². The van der Waals surface area contributed by atoms with E-state index in [-0.39, 0.29) is 0 Å². The molecular formula is C14H14N4OS. The molecule has 1 N–H and O–H groups in total. The summed E-state index contributed by atoms with van der Waals surface area (Å²) in [6.07, 6.45) is 1.79. The van der Waals surface area contributed by atoms with E-state index in [1.807, 2.05) is 35.8 Å². The molecule has 20 heavy (non-hydrogen) atoms. The Morgan fingerprint density at radius 3 is 2.85 bits per heavy atom. The quantitative estimate of drug-likeness (QED) is 0.752. The number of hydrogen-bond acceptors (Lipinski definition) is 4. The molecule has 0 aromatic carbocycles. The third-order valence-corrected chi connectivity index (χ3v) is 3.43. The number of pyridine rings is 2. The molecule has 0 bridgehead atoms. The Balaban J connectivity index is 2.03. The predicted molar refractivity (Wildman–Crippen MR) is 79.5 cm³/mol. The summed E-state index contributed by atoms with van der Waals surface area (Å²) in [5, 5.41) is 0. The number of ether oxygens (including phenoxy) is 1. The fourth-order valence-corrected chi connectivity index (χ4v) is 2.34. The van der Waals surface area contributed by atoms with Gasteiger partial charge in [0, 0.05) is 18.0 Å². The standard InChI is InChI=1S/C14H14N4OS/c1-9-3-5-11-13(16-9)18(14(20)17-11)8-10-4-6-12(19-2)15-7-10/h3-7H,8H2,1-2H3,(H,17,20). The number of nitrogens with zero attached hydrogens (tertiary/aromatic N) is 3. The largest absolute Gasteiger partial charge is 0.481 e. The molecule has 0 aliphatic carbocycles. The zero-order chi connectivity index (χ0) is 14.1. The van der Waals surface area contributed by atoms with Crippen LogP contribution in [-0.2, 0) is 6.54 Å². The third-order valence-electron chi connectivity index (χ3n) is 3.10. The lowest BCUT2D eigenvalue weighted by Crippen LogP contribution is -2.02. The molecular weight excluding hydrogens is 272 g/mol. The van der Waals surface area contributed by atoms with Crippen LogP contribution in [0.4, 0.5) is 0 Å². The summed E-state index contributed by atoms with van der Waals surface area (Å²) in [7, 11) is 1.60. The average molecular weight is 286 g/mol. The summed E-state index contributed by atoms with van der Waals surface area (Å²) in [5.74, 6) is 0.602. The molecule has 3 aromatic rings. The summed E-state index contributed by atoms with van der Waals surface area (Å²) < 4.78 is 7.69. The zero-order valence-corrected chi connectivity index (χ0v) is 12.1. The van der Waals surface area contributed by atoms with Crippen molar-refractivity contribution in [3.63, 3.8) is 0 Å². The molecule has 0 aliphatic heterocycles. The lowest BCUT2D eigenvalue weighted by atomic mass is 10.3. The van der Waals surface area contributed by atoms with E-state index in [1.165, 1.54) is 0 Å². The number of imidazole rings is 1. The van der Waals surface area contributed by atoms with E-state index in [0.29, 0.717) is 17.2 Å². The Labute approximate surface area is 121 Å². The van der Waals surface area contributed by atoms with Crippen molar-refractivity contribution in [2.45, 2.75) is 13.5 Å². The normalized spacial score (nSPS) is 10.9. The van der Waals surface area contributed by atoms with Gasteiger partial charge in [-0.3, -0.25) is 4.57 Å². The van der Waals surface area contributed by atoms with Gasteiger partial charge < -0.3 is 9.72 Å². The lowest BCUT2D eigenvalue weighted by molar-refractivity contribution is 0.397. The summed E-state index contributed by atoms with van der Waals surface area (Å²) in [4.78, 5) is 11.9. The highest BCUT2D eigenvalue weighted by Gasteiger charge is 2.07. The zero-order valence-electron chi connectivity index (χ0n) is 11.3. The molecule has 0 saturated carbocycles. The number of fused-ring (bicyclic) bond motifs is 1. The molecule has 3 aromatic heterocycles. The Kier molecular flexibility index (Phi) is 3.23. The highest BCUT2D eigenvalue weighted by atomic mass is 32.1. The first-order valence-electron chi connectivity index (χ1n) is 6.22. The van der Waals surface area contributed by atoms with Crippen LogP contribution >= 0.6 is 12.2 Å². The van der Waals surface area contributed by atoms with Crippen molar-refractivity contribution in [2.75, 3.05) is 7.11 Å². The van der Waals surface area contributed by atoms with E-state index in [2.05, 4.69) is 15.0 Å². The second-order valence-corrected chi connectivity index (χ2v) is 4.94. The molecule has 0 fully saturated rings. The van der Waals surface area contributed by atoms with Gasteiger partial charge in [-0.1, -0.05) is 6.07 Å². The van der Waals surface area contributed by atoms with Crippen molar-refractivity contribution >= 4 is 23.4 Å². The van der Waals surface area contributed by atoms with Crippen molar-refractivity contribution in [3.05, 3.63) is 46.5 Å². The van der Waals surface area contributed by atoms with E-state index < -0.39 is 0 Å². The Morgan fingerprint density at radius 2 is 2.15 bits per heavy atom. The van der Waals surface area contributed by atoms with Gasteiger partial charge in [0.2, 0.25) is 5.88 Å². The van der Waals surface area contributed by atoms with E-state index >= 15 is 0 Å². The molecule has 5 nitrogen and oxygen atoms in total. The van der Waals surface area contributed by atoms with E-state index in [9.17, 15) is 0 Å². The van der Waals surface area contributed by atoms with Crippen LogP contribution < -0.4 is 4.74 Å². The van der Waals surface area contributed by atoms with Crippen molar-refractivity contribution in [3.8, 4) is 5.88 Å². The summed E-state index contributed by atoms with van der Waals surface area (Å²) >= 11 is 5.37. The van der Waals surface area contributed by atoms with Crippen LogP contribution in [0.5, 0.6) is 5.88 Å². The maximum atomic E-state index is 5.37. The van der Waals surface area contributed by atoms with Gasteiger partial charge in [-0.25, -0.2) is 9.97 Å². The number of H-pyrrole nitrogens is 1. The van der Waals surface area contributed by atoms with Crippen LogP contribution in [0.15, 0.2) is 30.5 Å². The summed E-state index contributed by atoms with van der Waals surface area (Å²) in [5.41, 5.74) is 3.83. The first-order chi connectivity index (χ1) is 9.67. The minimum absolute atomic E-state index is 0.602. The molecule has 0 spiro atoms. The minimum atomic E-state index is 0.602. The first kappa shape index (κ1) is 12.8. The van der Waals surface area contributed by atoms with Crippen molar-refractivity contribution in [1.29, 1.82) is 0 Å². The average Bonchev–Trinajstić information content (AvgIpc) is 2.76. The third kappa shape index (κ3) is 2.30. The SMILES string of the molecule is COc1ccc(Cn2c(=S)[nH]c3ccc(C)nc32)cn1. The minimum Gasteiger partial charge on any atom is -0.481 e. The van der Waals surface area contributed by atoms with Crippen LogP contribution in [0.3, 0.4) is 0 Å². The molecule has 0 amide bonds. The highest BCUT2D eigenvalue weighted by Crippen LogP contribution is 2.15. The molecule has 3 heterocycles. The number of rotatable bonds is 3. The second kappa shape index (κ2) is 5.05. The topological polar surface area (TPSA) is 55.7 Å². The monoisotopic (exact) mass is 286 g/mol. The predicted octanol–water partition coefficient (Wildman–Crippen LogP) is 2.85. The van der Waals surface area contributed by atoms with Crippen LogP contribution in [0, 0.1) is 11.7 Å². The Bertz CT molecular complexity index is 804. The number of methoxy groups -OCH3 is 1. The molecule has 3 rings (SSSR count). The van der Waals surface area contributed by atoms with E-state index in [1.54, 1.807) is 13.3 Å². The molecule has 6 heteroatoms. The fourth-order valence-electron chi connectivity index (χ4n) is 2.08. The fraction of sp³-hybridized carbons (Fsp3) is 0.214. The number of hydrogen-bond donors (Lipinski definition) is 1. The number of aryl methyl sites for hydroxylation is 1. The van der Waals surface area contributed by atoms with Gasteiger partial charge in [-0.2, -0.15) is 0 Å². The molecule has 0 unspecified atom stereocenters. The van der Waals surface area contributed by atoms with Gasteiger partial charge in [-0.05, 0) is 36.8 Å². The van der Waals surface area contributed by atoms with Gasteiger partial charge in [0.15, 0.2) is 10.4 Å². The summed E-state index contributed by atoms with van der Waals surface area (Å²) in [6.45, 7) is 2.60. The van der Waals surface area contributed by atoms with E-state index in [0.717, 1.165) is 22.4 Å². The van der Waals surface area contributed by atoms with Crippen molar-refractivity contribution < 1.29 is 4.74 Å². The number of nitrogens with one attached hydrogen (secondary N) is 1. The van der Waals surface area contributed by atoms with Crippen molar-refractivity contribution in [1.82, 2.24) is 19.5 Å².